The minimum atomic E-state index is -4.67. The van der Waals surface area contributed by atoms with Gasteiger partial charge in [-0.3, -0.25) is 9.88 Å². The molecular formula is C25H25F5N6S. The monoisotopic (exact) mass is 536 g/mol. The number of hydrogen-bond donors (Lipinski definition) is 1. The number of alkyl halides is 4. The van der Waals surface area contributed by atoms with Crippen molar-refractivity contribution in [2.45, 2.75) is 42.0 Å². The lowest BCUT2D eigenvalue weighted by Gasteiger charge is -2.35. The first-order valence-electron chi connectivity index (χ1n) is 11.7. The molecule has 5 rings (SSSR count). The second-order valence-corrected chi connectivity index (χ2v) is 10.5. The number of benzene rings is 1. The van der Waals surface area contributed by atoms with Crippen molar-refractivity contribution in [2.24, 2.45) is 0 Å². The van der Waals surface area contributed by atoms with Gasteiger partial charge in [-0.25, -0.2) is 13.8 Å². The van der Waals surface area contributed by atoms with Gasteiger partial charge in [0.05, 0.1) is 16.2 Å². The molecule has 2 aliphatic rings. The average Bonchev–Trinajstić information content (AvgIpc) is 3.28. The summed E-state index contributed by atoms with van der Waals surface area (Å²) >= 11 is 1.35. The maximum atomic E-state index is 15.1. The molecule has 1 aromatic carbocycles. The molecule has 0 amide bonds. The lowest BCUT2D eigenvalue weighted by atomic mass is 9.89. The predicted octanol–water partition coefficient (Wildman–Crippen LogP) is 5.70. The predicted molar refractivity (Wildman–Crippen MR) is 133 cm³/mol. The molecule has 3 atom stereocenters. The van der Waals surface area contributed by atoms with E-state index in [1.807, 2.05) is 36.9 Å². The van der Waals surface area contributed by atoms with Crippen LogP contribution in [-0.4, -0.2) is 58.7 Å². The maximum Gasteiger partial charge on any atom is 0.416 e. The fourth-order valence-corrected chi connectivity index (χ4v) is 5.65. The van der Waals surface area contributed by atoms with Crippen molar-refractivity contribution in [3.8, 4) is 11.3 Å². The van der Waals surface area contributed by atoms with Crippen LogP contribution in [0.4, 0.5) is 33.7 Å². The number of rotatable bonds is 4. The molecule has 0 spiro atoms. The van der Waals surface area contributed by atoms with E-state index in [2.05, 4.69) is 20.3 Å². The number of nitrogens with zero attached hydrogens (tertiary/aromatic N) is 5. The fraction of sp³-hybridized carbons (Fsp3) is 0.400. The number of halogens is 5. The van der Waals surface area contributed by atoms with Crippen molar-refractivity contribution in [3.05, 3.63) is 59.2 Å². The summed E-state index contributed by atoms with van der Waals surface area (Å²) in [6.07, 6.45) is -3.83. The Kier molecular flexibility index (Phi) is 6.73. The van der Waals surface area contributed by atoms with E-state index in [-0.39, 0.29) is 29.1 Å². The number of hydrogen-bond acceptors (Lipinski definition) is 7. The van der Waals surface area contributed by atoms with Gasteiger partial charge in [0.15, 0.2) is 0 Å². The lowest BCUT2D eigenvalue weighted by Crippen LogP contribution is -2.41. The number of pyridine rings is 1. The van der Waals surface area contributed by atoms with Crippen LogP contribution in [0.3, 0.4) is 0 Å². The number of nitrogens with one attached hydrogen (secondary N) is 1. The van der Waals surface area contributed by atoms with Crippen LogP contribution < -0.4 is 10.2 Å². The summed E-state index contributed by atoms with van der Waals surface area (Å²) in [6, 6.07) is 6.08. The van der Waals surface area contributed by atoms with E-state index in [1.54, 1.807) is 12.3 Å². The third-order valence-electron chi connectivity index (χ3n) is 6.52. The molecule has 4 heterocycles. The highest BCUT2D eigenvalue weighted by Gasteiger charge is 2.36. The summed E-state index contributed by atoms with van der Waals surface area (Å²) in [5.74, 6) is -0.733. The molecule has 196 valence electrons. The quantitative estimate of drug-likeness (QED) is 0.430. The number of piperidine rings is 1. The summed E-state index contributed by atoms with van der Waals surface area (Å²) in [7, 11) is 3.72. The molecule has 12 heteroatoms. The van der Waals surface area contributed by atoms with Crippen LogP contribution in [0.25, 0.3) is 11.3 Å². The summed E-state index contributed by atoms with van der Waals surface area (Å²) in [4.78, 5) is 17.8. The molecule has 1 N–H and O–H groups in total. The van der Waals surface area contributed by atoms with Gasteiger partial charge in [0.1, 0.15) is 23.3 Å². The summed E-state index contributed by atoms with van der Waals surface area (Å²) in [5, 5.41) is 3.26. The van der Waals surface area contributed by atoms with Gasteiger partial charge >= 0.3 is 6.18 Å². The molecule has 0 aliphatic carbocycles. The van der Waals surface area contributed by atoms with Crippen LogP contribution in [-0.2, 0) is 6.18 Å². The van der Waals surface area contributed by atoms with Gasteiger partial charge in [0, 0.05) is 36.5 Å². The van der Waals surface area contributed by atoms with Gasteiger partial charge in [0.25, 0.3) is 0 Å². The largest absolute Gasteiger partial charge is 0.416 e. The maximum absolute atomic E-state index is 15.1. The summed E-state index contributed by atoms with van der Waals surface area (Å²) in [5.41, 5.74) is 0.458. The Bertz CT molecular complexity index is 1320. The Balaban J connectivity index is 1.56. The Morgan fingerprint density at radius 2 is 1.92 bits per heavy atom. The molecule has 0 saturated carbocycles. The zero-order chi connectivity index (χ0) is 26.5. The zero-order valence-corrected chi connectivity index (χ0v) is 21.2. The van der Waals surface area contributed by atoms with Crippen molar-refractivity contribution >= 4 is 23.5 Å². The topological polar surface area (TPSA) is 57.2 Å². The first-order chi connectivity index (χ1) is 17.5. The highest BCUT2D eigenvalue weighted by atomic mass is 32.2. The lowest BCUT2D eigenvalue weighted by molar-refractivity contribution is -0.137. The molecule has 2 aromatic heterocycles. The van der Waals surface area contributed by atoms with Gasteiger partial charge in [-0.15, -0.1) is 0 Å². The molecule has 6 nitrogen and oxygen atoms in total. The first kappa shape index (κ1) is 25.7. The molecule has 37 heavy (non-hydrogen) atoms. The average molecular weight is 537 g/mol. The van der Waals surface area contributed by atoms with E-state index in [9.17, 15) is 17.6 Å². The molecule has 3 unspecified atom stereocenters. The molecule has 1 fully saturated rings. The van der Waals surface area contributed by atoms with E-state index in [4.69, 9.17) is 0 Å². The Hall–Kier alpha value is -2.99. The van der Waals surface area contributed by atoms with E-state index in [1.165, 1.54) is 11.8 Å². The minimum absolute atomic E-state index is 0.0525. The van der Waals surface area contributed by atoms with Crippen LogP contribution in [0.2, 0.25) is 0 Å². The van der Waals surface area contributed by atoms with E-state index >= 15 is 4.39 Å². The summed E-state index contributed by atoms with van der Waals surface area (Å²) < 4.78 is 69.5. The number of aromatic nitrogens is 3. The van der Waals surface area contributed by atoms with Crippen molar-refractivity contribution < 1.29 is 22.0 Å². The van der Waals surface area contributed by atoms with Crippen molar-refractivity contribution in [2.75, 3.05) is 37.4 Å². The van der Waals surface area contributed by atoms with Crippen LogP contribution in [0.5, 0.6) is 0 Å². The van der Waals surface area contributed by atoms with Crippen molar-refractivity contribution in [3.63, 3.8) is 0 Å². The number of anilines is 2. The van der Waals surface area contributed by atoms with E-state index < -0.39 is 29.6 Å². The SMILES string of the molecule is Cc1cc(C2CN(c3nc4c(c(-c5ccc(C(F)(F)F)cc5F)n3)SC(N(C)C)N4)CCC2F)ccn1. The zero-order valence-electron chi connectivity index (χ0n) is 20.4. The van der Waals surface area contributed by atoms with Crippen LogP contribution in [0, 0.1) is 12.7 Å². The van der Waals surface area contributed by atoms with E-state index in [0.29, 0.717) is 29.9 Å². The second kappa shape index (κ2) is 9.71. The molecule has 0 radical (unpaired) electrons. The molecule has 0 bridgehead atoms. The molecule has 1 saturated heterocycles. The third kappa shape index (κ3) is 5.08. The highest BCUT2D eigenvalue weighted by molar-refractivity contribution is 8.00. The second-order valence-electron chi connectivity index (χ2n) is 9.41. The number of thioether (sulfide) groups is 1. The number of aryl methyl sites for hydroxylation is 1. The molecule has 2 aliphatic heterocycles. The smallest absolute Gasteiger partial charge is 0.344 e. The van der Waals surface area contributed by atoms with Gasteiger partial charge < -0.3 is 10.2 Å². The third-order valence-corrected chi connectivity index (χ3v) is 7.91. The van der Waals surface area contributed by atoms with Gasteiger partial charge in [-0.1, -0.05) is 11.8 Å². The van der Waals surface area contributed by atoms with Gasteiger partial charge in [-0.2, -0.15) is 18.2 Å². The van der Waals surface area contributed by atoms with Crippen LogP contribution in [0.15, 0.2) is 41.4 Å². The Morgan fingerprint density at radius 3 is 2.59 bits per heavy atom. The highest BCUT2D eigenvalue weighted by Crippen LogP contribution is 2.46. The summed E-state index contributed by atoms with van der Waals surface area (Å²) in [6.45, 7) is 2.48. The fourth-order valence-electron chi connectivity index (χ4n) is 4.57. The normalized spacial score (nSPS) is 21.8. The number of fused-ring (bicyclic) bond motifs is 1. The van der Waals surface area contributed by atoms with Crippen molar-refractivity contribution in [1.29, 1.82) is 0 Å². The van der Waals surface area contributed by atoms with Crippen molar-refractivity contribution in [1.82, 2.24) is 19.9 Å². The Morgan fingerprint density at radius 1 is 1.14 bits per heavy atom. The Labute approximate surface area is 215 Å². The van der Waals surface area contributed by atoms with Gasteiger partial charge in [-0.05, 0) is 63.3 Å². The minimum Gasteiger partial charge on any atom is -0.344 e. The molecular weight excluding hydrogens is 511 g/mol. The molecule has 3 aromatic rings. The van der Waals surface area contributed by atoms with Crippen LogP contribution >= 0.6 is 11.8 Å². The van der Waals surface area contributed by atoms with E-state index in [0.717, 1.165) is 23.4 Å². The van der Waals surface area contributed by atoms with Crippen LogP contribution in [0.1, 0.15) is 29.2 Å². The standard InChI is InChI=1S/C25H25F5N6S/c1-13-10-14(6-8-31-13)17-12-36(9-7-18(17)26)23-32-20(21-22(33-23)34-24(37-21)35(2)3)16-5-4-15(11-19(16)27)25(28,29)30/h4-6,8,10-11,17-18,24H,7,9,12H2,1-3H3,(H,32,33,34). The first-order valence-corrected chi connectivity index (χ1v) is 12.6. The van der Waals surface area contributed by atoms with Gasteiger partial charge in [0.2, 0.25) is 5.95 Å².